The Labute approximate surface area is 164 Å². The summed E-state index contributed by atoms with van der Waals surface area (Å²) in [6, 6.07) is 16.3. The van der Waals surface area contributed by atoms with Crippen LogP contribution in [0.25, 0.3) is 0 Å². The molecular formula is C22H24N2O2S. The SMILES string of the molecule is O=C(c1ccc(CN(Cc2ccco2)Cc2cccs2)cc1)N1CCCC1. The van der Waals surface area contributed by atoms with Crippen LogP contribution in [0.1, 0.15) is 39.4 Å². The van der Waals surface area contributed by atoms with Crippen LogP contribution in [-0.4, -0.2) is 28.8 Å². The summed E-state index contributed by atoms with van der Waals surface area (Å²) >= 11 is 1.77. The fraction of sp³-hybridized carbons (Fsp3) is 0.318. The summed E-state index contributed by atoms with van der Waals surface area (Å²) in [7, 11) is 0. The number of benzene rings is 1. The highest BCUT2D eigenvalue weighted by Gasteiger charge is 2.19. The van der Waals surface area contributed by atoms with Crippen LogP contribution in [-0.2, 0) is 19.6 Å². The van der Waals surface area contributed by atoms with Gasteiger partial charge in [0.15, 0.2) is 0 Å². The Balaban J connectivity index is 1.44. The molecule has 1 amide bonds. The molecule has 4 rings (SSSR count). The predicted molar refractivity (Wildman–Crippen MR) is 108 cm³/mol. The van der Waals surface area contributed by atoms with Gasteiger partial charge in [0, 0.05) is 36.6 Å². The Kier molecular flexibility index (Phi) is 5.70. The van der Waals surface area contributed by atoms with Crippen molar-refractivity contribution in [3.63, 3.8) is 0 Å². The molecule has 0 aliphatic carbocycles. The zero-order valence-corrected chi connectivity index (χ0v) is 16.2. The van der Waals surface area contributed by atoms with Crippen molar-refractivity contribution in [2.45, 2.75) is 32.5 Å². The van der Waals surface area contributed by atoms with Gasteiger partial charge in [0.25, 0.3) is 5.91 Å². The average Bonchev–Trinajstić information content (AvgIpc) is 3.45. The molecule has 4 nitrogen and oxygen atoms in total. The number of thiophene rings is 1. The second-order valence-electron chi connectivity index (χ2n) is 7.00. The van der Waals surface area contributed by atoms with Gasteiger partial charge in [0.1, 0.15) is 5.76 Å². The van der Waals surface area contributed by atoms with Gasteiger partial charge in [-0.1, -0.05) is 18.2 Å². The van der Waals surface area contributed by atoms with E-state index >= 15 is 0 Å². The van der Waals surface area contributed by atoms with Crippen LogP contribution < -0.4 is 0 Å². The molecule has 1 aromatic carbocycles. The first kappa shape index (κ1) is 18.0. The standard InChI is InChI=1S/C22H24N2O2S/c25-22(24-11-1-2-12-24)19-9-7-18(8-10-19)15-23(16-20-5-3-13-26-20)17-21-6-4-14-27-21/h3-10,13-14H,1-2,11-12,15-17H2. The molecule has 0 spiro atoms. The molecule has 2 aromatic heterocycles. The van der Waals surface area contributed by atoms with Crippen LogP contribution in [0.4, 0.5) is 0 Å². The van der Waals surface area contributed by atoms with E-state index in [2.05, 4.69) is 34.5 Å². The normalized spacial score (nSPS) is 14.2. The number of hydrogen-bond acceptors (Lipinski definition) is 4. The van der Waals surface area contributed by atoms with Crippen LogP contribution >= 0.6 is 11.3 Å². The zero-order chi connectivity index (χ0) is 18.5. The van der Waals surface area contributed by atoms with Gasteiger partial charge in [-0.25, -0.2) is 0 Å². The van der Waals surface area contributed by atoms with Gasteiger partial charge in [-0.2, -0.15) is 0 Å². The molecule has 1 aliphatic rings. The lowest BCUT2D eigenvalue weighted by atomic mass is 10.1. The molecular weight excluding hydrogens is 356 g/mol. The van der Waals surface area contributed by atoms with Gasteiger partial charge in [-0.3, -0.25) is 9.69 Å². The van der Waals surface area contributed by atoms with Gasteiger partial charge < -0.3 is 9.32 Å². The Hall–Kier alpha value is -2.37. The van der Waals surface area contributed by atoms with Gasteiger partial charge >= 0.3 is 0 Å². The van der Waals surface area contributed by atoms with E-state index in [1.165, 1.54) is 10.4 Å². The monoisotopic (exact) mass is 380 g/mol. The van der Waals surface area contributed by atoms with E-state index in [0.29, 0.717) is 0 Å². The molecule has 140 valence electrons. The largest absolute Gasteiger partial charge is 0.468 e. The van der Waals surface area contributed by atoms with Crippen molar-refractivity contribution in [2.75, 3.05) is 13.1 Å². The highest BCUT2D eigenvalue weighted by Crippen LogP contribution is 2.19. The van der Waals surface area contributed by atoms with Crippen molar-refractivity contribution < 1.29 is 9.21 Å². The third-order valence-electron chi connectivity index (χ3n) is 4.92. The first-order valence-corrected chi connectivity index (χ1v) is 10.3. The van der Waals surface area contributed by atoms with Crippen LogP contribution in [0, 0.1) is 0 Å². The summed E-state index contributed by atoms with van der Waals surface area (Å²) in [5, 5.41) is 2.11. The fourth-order valence-corrected chi connectivity index (χ4v) is 4.27. The van der Waals surface area contributed by atoms with Crippen molar-refractivity contribution in [1.29, 1.82) is 0 Å². The third-order valence-corrected chi connectivity index (χ3v) is 5.78. The third kappa shape index (κ3) is 4.67. The molecule has 0 unspecified atom stereocenters. The van der Waals surface area contributed by atoms with E-state index in [9.17, 15) is 4.79 Å². The van der Waals surface area contributed by atoms with Crippen molar-refractivity contribution in [3.05, 3.63) is 81.9 Å². The van der Waals surface area contributed by atoms with Crippen molar-refractivity contribution >= 4 is 17.2 Å². The van der Waals surface area contributed by atoms with E-state index in [1.54, 1.807) is 17.6 Å². The summed E-state index contributed by atoms with van der Waals surface area (Å²) in [6.45, 7) is 4.24. The maximum Gasteiger partial charge on any atom is 0.253 e. The molecule has 0 radical (unpaired) electrons. The number of likely N-dealkylation sites (tertiary alicyclic amines) is 1. The molecule has 0 atom stereocenters. The smallest absolute Gasteiger partial charge is 0.253 e. The van der Waals surface area contributed by atoms with E-state index in [1.807, 2.05) is 29.2 Å². The molecule has 0 saturated carbocycles. The van der Waals surface area contributed by atoms with Crippen molar-refractivity contribution in [2.24, 2.45) is 0 Å². The van der Waals surface area contributed by atoms with Gasteiger partial charge in [0.05, 0.1) is 12.8 Å². The maximum atomic E-state index is 12.5. The zero-order valence-electron chi connectivity index (χ0n) is 15.3. The van der Waals surface area contributed by atoms with Gasteiger partial charge in [-0.15, -0.1) is 11.3 Å². The minimum atomic E-state index is 0.157. The van der Waals surface area contributed by atoms with E-state index in [-0.39, 0.29) is 5.91 Å². The van der Waals surface area contributed by atoms with Gasteiger partial charge in [-0.05, 0) is 54.1 Å². The quantitative estimate of drug-likeness (QED) is 0.592. The summed E-state index contributed by atoms with van der Waals surface area (Å²) < 4.78 is 5.54. The lowest BCUT2D eigenvalue weighted by molar-refractivity contribution is 0.0793. The highest BCUT2D eigenvalue weighted by atomic mass is 32.1. The topological polar surface area (TPSA) is 36.7 Å². The van der Waals surface area contributed by atoms with Crippen molar-refractivity contribution in [1.82, 2.24) is 9.80 Å². The number of furan rings is 1. The summed E-state index contributed by atoms with van der Waals surface area (Å²) in [5.74, 6) is 1.12. The second kappa shape index (κ2) is 8.55. The summed E-state index contributed by atoms with van der Waals surface area (Å²) in [4.78, 5) is 18.2. The number of rotatable bonds is 7. The van der Waals surface area contributed by atoms with E-state index in [4.69, 9.17) is 4.42 Å². The Morgan fingerprint density at radius 3 is 2.48 bits per heavy atom. The molecule has 1 fully saturated rings. The summed E-state index contributed by atoms with van der Waals surface area (Å²) in [5.41, 5.74) is 1.99. The molecule has 0 N–H and O–H groups in total. The van der Waals surface area contributed by atoms with Gasteiger partial charge in [0.2, 0.25) is 0 Å². The minimum absolute atomic E-state index is 0.157. The summed E-state index contributed by atoms with van der Waals surface area (Å²) in [6.07, 6.45) is 3.96. The molecule has 5 heteroatoms. The number of hydrogen-bond donors (Lipinski definition) is 0. The molecule has 0 bridgehead atoms. The first-order valence-electron chi connectivity index (χ1n) is 9.43. The van der Waals surface area contributed by atoms with E-state index in [0.717, 1.165) is 56.9 Å². The predicted octanol–water partition coefficient (Wildman–Crippen LogP) is 4.78. The molecule has 27 heavy (non-hydrogen) atoms. The Morgan fingerprint density at radius 2 is 1.81 bits per heavy atom. The number of carbonyl (C=O) groups is 1. The van der Waals surface area contributed by atoms with Crippen LogP contribution in [0.5, 0.6) is 0 Å². The lowest BCUT2D eigenvalue weighted by Crippen LogP contribution is -2.27. The molecule has 3 aromatic rings. The maximum absolute atomic E-state index is 12.5. The molecule has 1 aliphatic heterocycles. The Morgan fingerprint density at radius 1 is 1.00 bits per heavy atom. The first-order chi connectivity index (χ1) is 13.3. The minimum Gasteiger partial charge on any atom is -0.468 e. The Bertz CT molecular complexity index is 799. The van der Waals surface area contributed by atoms with Crippen LogP contribution in [0.3, 0.4) is 0 Å². The number of amides is 1. The van der Waals surface area contributed by atoms with Crippen LogP contribution in [0.15, 0.2) is 64.6 Å². The van der Waals surface area contributed by atoms with Crippen molar-refractivity contribution in [3.8, 4) is 0 Å². The molecule has 1 saturated heterocycles. The fourth-order valence-electron chi connectivity index (χ4n) is 3.53. The number of nitrogens with zero attached hydrogens (tertiary/aromatic N) is 2. The highest BCUT2D eigenvalue weighted by molar-refractivity contribution is 7.09. The second-order valence-corrected chi connectivity index (χ2v) is 8.03. The molecule has 3 heterocycles. The van der Waals surface area contributed by atoms with Crippen LogP contribution in [0.2, 0.25) is 0 Å². The average molecular weight is 381 g/mol. The lowest BCUT2D eigenvalue weighted by Gasteiger charge is -2.21. The van der Waals surface area contributed by atoms with E-state index < -0.39 is 0 Å². The number of carbonyl (C=O) groups excluding carboxylic acids is 1.